The Kier molecular flexibility index (Phi) is 6.28. The lowest BCUT2D eigenvalue weighted by Crippen LogP contribution is -2.52. The Balaban J connectivity index is 1.25. The highest BCUT2D eigenvalue weighted by molar-refractivity contribution is 5.93. The third-order valence-electron chi connectivity index (χ3n) is 9.47. The van der Waals surface area contributed by atoms with Gasteiger partial charge in [0.1, 0.15) is 0 Å². The first kappa shape index (κ1) is 23.5. The van der Waals surface area contributed by atoms with Gasteiger partial charge in [0.15, 0.2) is 5.78 Å². The fourth-order valence-corrected chi connectivity index (χ4v) is 7.36. The van der Waals surface area contributed by atoms with Crippen molar-refractivity contribution in [1.82, 2.24) is 0 Å². The minimum Gasteiger partial charge on any atom is -0.411 e. The summed E-state index contributed by atoms with van der Waals surface area (Å²) in [5.41, 5.74) is 5.50. The van der Waals surface area contributed by atoms with E-state index < -0.39 is 5.60 Å². The summed E-state index contributed by atoms with van der Waals surface area (Å²) in [7, 11) is 0. The highest BCUT2D eigenvalue weighted by atomic mass is 16.5. The Morgan fingerprint density at radius 2 is 1.94 bits per heavy atom. The van der Waals surface area contributed by atoms with Crippen LogP contribution in [0.5, 0.6) is 0 Å². The van der Waals surface area contributed by atoms with Crippen LogP contribution in [0, 0.1) is 17.3 Å². The first-order valence-corrected chi connectivity index (χ1v) is 12.9. The molecule has 2 N–H and O–H groups in total. The van der Waals surface area contributed by atoms with Gasteiger partial charge in [0.05, 0.1) is 25.0 Å². The molecule has 5 atom stereocenters. The van der Waals surface area contributed by atoms with Gasteiger partial charge in [-0.05, 0) is 85.1 Å². The van der Waals surface area contributed by atoms with E-state index in [0.29, 0.717) is 31.5 Å². The maximum atomic E-state index is 11.9. The average molecular weight is 464 g/mol. The van der Waals surface area contributed by atoms with E-state index in [1.54, 1.807) is 5.57 Å². The molecular formula is C29H37NO4. The highest BCUT2D eigenvalue weighted by Gasteiger charge is 2.60. The Labute approximate surface area is 202 Å². The number of hydrogen-bond donors (Lipinski definition) is 2. The number of nitrogens with zero attached hydrogens (tertiary/aromatic N) is 1. The first-order valence-electron chi connectivity index (χ1n) is 12.9. The summed E-state index contributed by atoms with van der Waals surface area (Å²) in [5, 5.41) is 23.6. The van der Waals surface area contributed by atoms with Crippen LogP contribution in [0.2, 0.25) is 0 Å². The molecule has 4 aliphatic carbocycles. The molecular weight excluding hydrogens is 426 g/mol. The maximum absolute atomic E-state index is 11.9. The predicted molar refractivity (Wildman–Crippen MR) is 132 cm³/mol. The zero-order valence-corrected chi connectivity index (χ0v) is 20.4. The zero-order chi connectivity index (χ0) is 23.9. The van der Waals surface area contributed by atoms with Crippen molar-refractivity contribution in [2.24, 2.45) is 22.4 Å². The third kappa shape index (κ3) is 3.97. The van der Waals surface area contributed by atoms with Gasteiger partial charge in [-0.3, -0.25) is 4.79 Å². The molecule has 5 heteroatoms. The van der Waals surface area contributed by atoms with E-state index in [9.17, 15) is 9.90 Å². The zero-order valence-electron chi connectivity index (χ0n) is 20.4. The summed E-state index contributed by atoms with van der Waals surface area (Å²) in [5.74, 6) is 1.55. The van der Waals surface area contributed by atoms with Crippen LogP contribution in [0.15, 0.2) is 52.2 Å². The van der Waals surface area contributed by atoms with E-state index in [1.165, 1.54) is 22.9 Å². The number of rotatable bonds is 6. The van der Waals surface area contributed by atoms with Gasteiger partial charge in [-0.2, -0.15) is 0 Å². The SMILES string of the molecule is CC(COC[C@]1(O)CC[C@H]2[C@@H]3CCC4=CC(=O)CCC4=C3CC[C@@]21C)c1ccc(C=NO)cc1. The number of carbonyl (C=O) groups excluding carboxylic acids is 1. The van der Waals surface area contributed by atoms with Crippen molar-refractivity contribution in [2.45, 2.75) is 76.7 Å². The molecule has 2 saturated carbocycles. The van der Waals surface area contributed by atoms with Crippen molar-refractivity contribution in [3.8, 4) is 0 Å². The molecule has 1 aromatic carbocycles. The minimum atomic E-state index is -0.784. The molecule has 0 radical (unpaired) electrons. The molecule has 5 nitrogen and oxygen atoms in total. The molecule has 1 unspecified atom stereocenters. The van der Waals surface area contributed by atoms with E-state index >= 15 is 0 Å². The van der Waals surface area contributed by atoms with Crippen molar-refractivity contribution in [3.63, 3.8) is 0 Å². The molecule has 0 bridgehead atoms. The quantitative estimate of drug-likeness (QED) is 0.329. The number of allylic oxidation sites excluding steroid dienone is 4. The number of oxime groups is 1. The molecule has 0 saturated heterocycles. The van der Waals surface area contributed by atoms with Gasteiger partial charge in [0.2, 0.25) is 0 Å². The van der Waals surface area contributed by atoms with Crippen molar-refractivity contribution in [3.05, 3.63) is 58.2 Å². The molecule has 0 aliphatic heterocycles. The lowest BCUT2D eigenvalue weighted by molar-refractivity contribution is -0.133. The normalized spacial score (nSPS) is 34.0. The van der Waals surface area contributed by atoms with Gasteiger partial charge in [-0.25, -0.2) is 0 Å². The summed E-state index contributed by atoms with van der Waals surface area (Å²) in [6.45, 7) is 5.39. The van der Waals surface area contributed by atoms with Gasteiger partial charge in [0, 0.05) is 17.8 Å². The van der Waals surface area contributed by atoms with Gasteiger partial charge < -0.3 is 15.1 Å². The third-order valence-corrected chi connectivity index (χ3v) is 9.47. The predicted octanol–water partition coefficient (Wildman–Crippen LogP) is 5.55. The second-order valence-electron chi connectivity index (χ2n) is 11.2. The maximum Gasteiger partial charge on any atom is 0.156 e. The second kappa shape index (κ2) is 9.09. The number of ketones is 1. The Hall–Kier alpha value is -2.24. The number of fused-ring (bicyclic) bond motifs is 4. The van der Waals surface area contributed by atoms with Crippen LogP contribution in [0.25, 0.3) is 0 Å². The first-order chi connectivity index (χ1) is 16.3. The molecule has 4 aliphatic rings. The number of benzene rings is 1. The van der Waals surface area contributed by atoms with Crippen molar-refractivity contribution in [1.29, 1.82) is 0 Å². The van der Waals surface area contributed by atoms with Gasteiger partial charge in [0.25, 0.3) is 0 Å². The van der Waals surface area contributed by atoms with Gasteiger partial charge in [-0.1, -0.05) is 48.8 Å². The van der Waals surface area contributed by atoms with Crippen molar-refractivity contribution >= 4 is 12.0 Å². The molecule has 0 aromatic heterocycles. The number of hydrogen-bond acceptors (Lipinski definition) is 5. The van der Waals surface area contributed by atoms with Crippen LogP contribution in [-0.2, 0) is 9.53 Å². The summed E-state index contributed by atoms with van der Waals surface area (Å²) >= 11 is 0. The largest absolute Gasteiger partial charge is 0.411 e. The van der Waals surface area contributed by atoms with Crippen LogP contribution >= 0.6 is 0 Å². The minimum absolute atomic E-state index is 0.123. The van der Waals surface area contributed by atoms with Crippen LogP contribution in [0.1, 0.15) is 82.3 Å². The number of aliphatic hydroxyl groups is 1. The molecule has 0 heterocycles. The molecule has 2 fully saturated rings. The van der Waals surface area contributed by atoms with E-state index in [2.05, 4.69) is 19.0 Å². The monoisotopic (exact) mass is 463 g/mol. The van der Waals surface area contributed by atoms with Gasteiger partial charge in [-0.15, -0.1) is 0 Å². The van der Waals surface area contributed by atoms with Crippen LogP contribution in [-0.4, -0.2) is 41.1 Å². The molecule has 1 aromatic rings. The van der Waals surface area contributed by atoms with E-state index in [1.807, 2.05) is 30.3 Å². The van der Waals surface area contributed by atoms with Crippen LogP contribution in [0.3, 0.4) is 0 Å². The van der Waals surface area contributed by atoms with Crippen molar-refractivity contribution < 1.29 is 19.8 Å². The summed E-state index contributed by atoms with van der Waals surface area (Å²) in [4.78, 5) is 11.9. The van der Waals surface area contributed by atoms with Crippen LogP contribution < -0.4 is 0 Å². The number of carbonyl (C=O) groups is 1. The van der Waals surface area contributed by atoms with Gasteiger partial charge >= 0.3 is 0 Å². The molecule has 0 spiro atoms. The smallest absolute Gasteiger partial charge is 0.156 e. The van der Waals surface area contributed by atoms with E-state index in [4.69, 9.17) is 9.94 Å². The summed E-state index contributed by atoms with van der Waals surface area (Å²) in [6.07, 6.45) is 10.9. The number of ether oxygens (including phenoxy) is 1. The fourth-order valence-electron chi connectivity index (χ4n) is 7.36. The summed E-state index contributed by atoms with van der Waals surface area (Å²) < 4.78 is 6.19. The summed E-state index contributed by atoms with van der Waals surface area (Å²) in [6, 6.07) is 7.94. The lowest BCUT2D eigenvalue weighted by Gasteiger charge is -2.51. The van der Waals surface area contributed by atoms with E-state index in [0.717, 1.165) is 50.5 Å². The average Bonchev–Trinajstić information content (AvgIpc) is 3.10. The van der Waals surface area contributed by atoms with Crippen molar-refractivity contribution in [2.75, 3.05) is 13.2 Å². The highest BCUT2D eigenvalue weighted by Crippen LogP contribution is 2.63. The Bertz CT molecular complexity index is 1040. The van der Waals surface area contributed by atoms with Crippen LogP contribution in [0.4, 0.5) is 0 Å². The molecule has 34 heavy (non-hydrogen) atoms. The standard InChI is InChI=1S/C29H37NO4/c1-19(21-5-3-20(4-6-21)16-30-33)17-34-18-29(32)14-12-27-26-9-7-22-15-23(31)8-10-24(22)25(26)11-13-28(27,29)2/h3-6,15-16,19,26-27,32-33H,7-14,17-18H2,1-2H3/t19?,26-,27+,28+,29-/m1/s1. The fraction of sp³-hybridized carbons (Fsp3) is 0.586. The second-order valence-corrected chi connectivity index (χ2v) is 11.2. The molecule has 5 rings (SSSR count). The molecule has 0 amide bonds. The Morgan fingerprint density at radius 1 is 1.15 bits per heavy atom. The lowest BCUT2D eigenvalue weighted by atomic mass is 9.55. The topological polar surface area (TPSA) is 79.1 Å². The molecule has 182 valence electrons. The van der Waals surface area contributed by atoms with E-state index in [-0.39, 0.29) is 17.1 Å². The Morgan fingerprint density at radius 3 is 2.71 bits per heavy atom.